The van der Waals surface area contributed by atoms with Crippen LogP contribution in [0.4, 0.5) is 5.69 Å². The first kappa shape index (κ1) is 21.0. The highest BCUT2D eigenvalue weighted by molar-refractivity contribution is 7.92. The van der Waals surface area contributed by atoms with Crippen molar-refractivity contribution in [2.24, 2.45) is 0 Å². The van der Waals surface area contributed by atoms with Crippen molar-refractivity contribution < 1.29 is 21.6 Å². The molecule has 1 rings (SSSR count). The van der Waals surface area contributed by atoms with Crippen LogP contribution in [0.3, 0.4) is 0 Å². The molecule has 0 aliphatic heterocycles. The standard InChI is InChI=1S/C14H23ClN2O5S2/c1-4-5-10-24(20,21)16-8-9-17(23(3,18)19)12-6-7-14(22-2)13(15)11-12/h6-7,11,16H,4-5,8-10H2,1-3H3. The average Bonchev–Trinajstić information content (AvgIpc) is 2.48. The van der Waals surface area contributed by atoms with Gasteiger partial charge in [0.15, 0.2) is 0 Å². The second-order valence-corrected chi connectivity index (χ2v) is 9.46. The minimum absolute atomic E-state index is 0.0245. The molecule has 7 nitrogen and oxygen atoms in total. The molecule has 1 aromatic carbocycles. The van der Waals surface area contributed by atoms with E-state index in [4.69, 9.17) is 16.3 Å². The number of nitrogens with one attached hydrogen (secondary N) is 1. The van der Waals surface area contributed by atoms with Gasteiger partial charge in [0, 0.05) is 13.1 Å². The Kier molecular flexibility index (Phi) is 7.78. The predicted molar refractivity (Wildman–Crippen MR) is 96.9 cm³/mol. The Bertz CT molecular complexity index is 750. The van der Waals surface area contributed by atoms with Gasteiger partial charge in [0.2, 0.25) is 20.0 Å². The SMILES string of the molecule is CCCCS(=O)(=O)NCCN(c1ccc(OC)c(Cl)c1)S(C)(=O)=O. The topological polar surface area (TPSA) is 92.8 Å². The fraction of sp³-hybridized carbons (Fsp3) is 0.571. The van der Waals surface area contributed by atoms with Crippen LogP contribution < -0.4 is 13.8 Å². The van der Waals surface area contributed by atoms with Crippen molar-refractivity contribution in [1.82, 2.24) is 4.72 Å². The molecule has 1 aromatic rings. The van der Waals surface area contributed by atoms with Gasteiger partial charge in [-0.25, -0.2) is 21.6 Å². The second-order valence-electron chi connectivity index (χ2n) is 5.22. The van der Waals surface area contributed by atoms with E-state index in [0.717, 1.165) is 17.0 Å². The molecule has 0 spiro atoms. The minimum Gasteiger partial charge on any atom is -0.495 e. The summed E-state index contributed by atoms with van der Waals surface area (Å²) in [7, 11) is -5.53. The summed E-state index contributed by atoms with van der Waals surface area (Å²) in [5.41, 5.74) is 0.344. The summed E-state index contributed by atoms with van der Waals surface area (Å²) in [5.74, 6) is 0.450. The predicted octanol–water partition coefficient (Wildman–Crippen LogP) is 1.83. The van der Waals surface area contributed by atoms with Gasteiger partial charge in [-0.05, 0) is 24.6 Å². The quantitative estimate of drug-likeness (QED) is 0.649. The number of methoxy groups -OCH3 is 1. The number of hydrogen-bond acceptors (Lipinski definition) is 5. The molecule has 0 atom stereocenters. The number of unbranched alkanes of at least 4 members (excludes halogenated alkanes) is 1. The molecular weight excluding hydrogens is 376 g/mol. The Hall–Kier alpha value is -1.03. The van der Waals surface area contributed by atoms with Crippen molar-refractivity contribution >= 4 is 37.3 Å². The van der Waals surface area contributed by atoms with Crippen LogP contribution in [0.5, 0.6) is 5.75 Å². The van der Waals surface area contributed by atoms with E-state index in [2.05, 4.69) is 4.72 Å². The van der Waals surface area contributed by atoms with E-state index in [1.165, 1.54) is 13.2 Å². The molecule has 10 heteroatoms. The van der Waals surface area contributed by atoms with Crippen molar-refractivity contribution in [3.63, 3.8) is 0 Å². The minimum atomic E-state index is -3.59. The van der Waals surface area contributed by atoms with Crippen LogP contribution in [-0.2, 0) is 20.0 Å². The number of benzene rings is 1. The van der Waals surface area contributed by atoms with E-state index in [0.29, 0.717) is 17.9 Å². The fourth-order valence-electron chi connectivity index (χ4n) is 2.01. The van der Waals surface area contributed by atoms with Gasteiger partial charge in [-0.2, -0.15) is 0 Å². The molecule has 0 amide bonds. The molecule has 0 bridgehead atoms. The van der Waals surface area contributed by atoms with Gasteiger partial charge < -0.3 is 4.74 Å². The largest absolute Gasteiger partial charge is 0.495 e. The number of anilines is 1. The van der Waals surface area contributed by atoms with E-state index in [9.17, 15) is 16.8 Å². The summed E-state index contributed by atoms with van der Waals surface area (Å²) in [6, 6.07) is 4.58. The first-order valence-corrected chi connectivity index (χ1v) is 11.3. The third-order valence-corrected chi connectivity index (χ3v) is 6.19. The van der Waals surface area contributed by atoms with Gasteiger partial charge in [-0.15, -0.1) is 0 Å². The van der Waals surface area contributed by atoms with Crippen LogP contribution in [0, 0.1) is 0 Å². The third-order valence-electron chi connectivity index (χ3n) is 3.23. The molecule has 0 heterocycles. The zero-order valence-electron chi connectivity index (χ0n) is 14.0. The molecule has 0 aromatic heterocycles. The number of hydrogen-bond donors (Lipinski definition) is 1. The van der Waals surface area contributed by atoms with Gasteiger partial charge >= 0.3 is 0 Å². The van der Waals surface area contributed by atoms with E-state index < -0.39 is 20.0 Å². The zero-order chi connectivity index (χ0) is 18.4. The highest BCUT2D eigenvalue weighted by Gasteiger charge is 2.19. The number of nitrogens with zero attached hydrogens (tertiary/aromatic N) is 1. The highest BCUT2D eigenvalue weighted by atomic mass is 35.5. The lowest BCUT2D eigenvalue weighted by molar-refractivity contribution is 0.415. The summed E-state index contributed by atoms with van der Waals surface area (Å²) in [5, 5.41) is 0.271. The Morgan fingerprint density at radius 1 is 1.25 bits per heavy atom. The molecule has 0 saturated carbocycles. The Morgan fingerprint density at radius 2 is 1.92 bits per heavy atom. The van der Waals surface area contributed by atoms with Crippen LogP contribution in [0.25, 0.3) is 0 Å². The summed E-state index contributed by atoms with van der Waals surface area (Å²) in [6.07, 6.45) is 2.37. The molecule has 0 aliphatic carbocycles. The summed E-state index contributed by atoms with van der Waals surface area (Å²) < 4.78 is 56.1. The molecule has 24 heavy (non-hydrogen) atoms. The zero-order valence-corrected chi connectivity index (χ0v) is 16.3. The van der Waals surface area contributed by atoms with Crippen LogP contribution in [0.2, 0.25) is 5.02 Å². The lowest BCUT2D eigenvalue weighted by Crippen LogP contribution is -2.38. The third kappa shape index (κ3) is 6.46. The maximum Gasteiger partial charge on any atom is 0.232 e. The summed E-state index contributed by atoms with van der Waals surface area (Å²) in [4.78, 5) is 0. The molecule has 0 saturated heterocycles. The number of rotatable bonds is 10. The van der Waals surface area contributed by atoms with Crippen LogP contribution in [0.15, 0.2) is 18.2 Å². The first-order valence-electron chi connectivity index (χ1n) is 7.39. The molecule has 138 valence electrons. The van der Waals surface area contributed by atoms with Crippen molar-refractivity contribution in [2.45, 2.75) is 19.8 Å². The summed E-state index contributed by atoms with van der Waals surface area (Å²) in [6.45, 7) is 1.84. The smallest absolute Gasteiger partial charge is 0.232 e. The number of ether oxygens (including phenoxy) is 1. The van der Waals surface area contributed by atoms with E-state index in [-0.39, 0.29) is 23.9 Å². The lowest BCUT2D eigenvalue weighted by atomic mass is 10.3. The molecule has 0 aliphatic rings. The monoisotopic (exact) mass is 398 g/mol. The van der Waals surface area contributed by atoms with Crippen molar-refractivity contribution in [2.75, 3.05) is 36.5 Å². The Labute approximate surface area is 149 Å². The first-order chi connectivity index (χ1) is 11.1. The maximum atomic E-state index is 12.0. The Balaban J connectivity index is 2.87. The number of halogens is 1. The average molecular weight is 399 g/mol. The summed E-state index contributed by atoms with van der Waals surface area (Å²) >= 11 is 6.03. The van der Waals surface area contributed by atoms with Crippen molar-refractivity contribution in [3.05, 3.63) is 23.2 Å². The van der Waals surface area contributed by atoms with Gasteiger partial charge in [0.25, 0.3) is 0 Å². The van der Waals surface area contributed by atoms with Crippen LogP contribution in [0.1, 0.15) is 19.8 Å². The van der Waals surface area contributed by atoms with Gasteiger partial charge in [0.05, 0.1) is 29.8 Å². The van der Waals surface area contributed by atoms with Gasteiger partial charge in [-0.3, -0.25) is 4.31 Å². The molecule has 1 N–H and O–H groups in total. The second kappa shape index (κ2) is 8.89. The van der Waals surface area contributed by atoms with E-state index >= 15 is 0 Å². The van der Waals surface area contributed by atoms with E-state index in [1.807, 2.05) is 6.92 Å². The van der Waals surface area contributed by atoms with Crippen molar-refractivity contribution in [3.8, 4) is 5.75 Å². The van der Waals surface area contributed by atoms with Crippen molar-refractivity contribution in [1.29, 1.82) is 0 Å². The number of sulfonamides is 2. The Morgan fingerprint density at radius 3 is 2.42 bits per heavy atom. The molecule has 0 unspecified atom stereocenters. The van der Waals surface area contributed by atoms with Crippen LogP contribution in [-0.4, -0.2) is 49.0 Å². The highest BCUT2D eigenvalue weighted by Crippen LogP contribution is 2.29. The normalized spacial score (nSPS) is 12.2. The van der Waals surface area contributed by atoms with E-state index in [1.54, 1.807) is 12.1 Å². The van der Waals surface area contributed by atoms with Crippen LogP contribution >= 0.6 is 11.6 Å². The molecule has 0 radical (unpaired) electrons. The molecule has 0 fully saturated rings. The maximum absolute atomic E-state index is 12.0. The van der Waals surface area contributed by atoms with Gasteiger partial charge in [0.1, 0.15) is 5.75 Å². The van der Waals surface area contributed by atoms with Gasteiger partial charge in [-0.1, -0.05) is 24.9 Å². The lowest BCUT2D eigenvalue weighted by Gasteiger charge is -2.23. The fourth-order valence-corrected chi connectivity index (χ4v) is 4.39. The molecular formula is C14H23ClN2O5S2.